The van der Waals surface area contributed by atoms with Gasteiger partial charge in [-0.3, -0.25) is 10.1 Å². The number of nitrogens with one attached hydrogen (secondary N) is 1. The van der Waals surface area contributed by atoms with E-state index in [0.717, 1.165) is 23.1 Å². The molecule has 0 aliphatic carbocycles. The number of rotatable bonds is 7. The van der Waals surface area contributed by atoms with Crippen molar-refractivity contribution < 1.29 is 19.1 Å². The Bertz CT molecular complexity index is 1120. The molecule has 34 heavy (non-hydrogen) atoms. The number of nitrogens with zero attached hydrogens (tertiary/aromatic N) is 1. The van der Waals surface area contributed by atoms with Gasteiger partial charge >= 0.3 is 6.09 Å². The number of carbonyl (C=O) groups is 2. The second-order valence-electron chi connectivity index (χ2n) is 8.32. The molecule has 0 unspecified atom stereocenters. The molecule has 3 aromatic rings. The van der Waals surface area contributed by atoms with Crippen molar-refractivity contribution in [1.29, 1.82) is 0 Å². The molecule has 6 nitrogen and oxygen atoms in total. The van der Waals surface area contributed by atoms with Gasteiger partial charge in [-0.15, -0.1) is 0 Å². The number of anilines is 1. The van der Waals surface area contributed by atoms with Crippen molar-refractivity contribution in [2.75, 3.05) is 5.32 Å². The van der Waals surface area contributed by atoms with E-state index in [4.69, 9.17) is 9.47 Å². The molecule has 2 atom stereocenters. The average Bonchev–Trinajstić information content (AvgIpc) is 3.01. The van der Waals surface area contributed by atoms with Crippen LogP contribution in [0.1, 0.15) is 49.4 Å². The Morgan fingerprint density at radius 3 is 2.44 bits per heavy atom. The third-order valence-electron chi connectivity index (χ3n) is 6.01. The Morgan fingerprint density at radius 1 is 1.06 bits per heavy atom. The fraction of sp³-hybridized carbons (Fsp3) is 0.286. The third kappa shape index (κ3) is 5.39. The maximum Gasteiger partial charge on any atom is 0.411 e. The Kier molecular flexibility index (Phi) is 7.48. The zero-order chi connectivity index (χ0) is 23.9. The summed E-state index contributed by atoms with van der Waals surface area (Å²) in [4.78, 5) is 27.7. The van der Waals surface area contributed by atoms with Crippen LogP contribution in [-0.4, -0.2) is 23.0 Å². The number of fused-ring (bicyclic) bond motifs is 1. The van der Waals surface area contributed by atoms with Gasteiger partial charge in [-0.2, -0.15) is 0 Å². The molecule has 176 valence electrons. The second kappa shape index (κ2) is 10.9. The second-order valence-corrected chi connectivity index (χ2v) is 8.32. The molecule has 0 saturated carbocycles. The molecule has 0 radical (unpaired) electrons. The highest BCUT2D eigenvalue weighted by atomic mass is 16.5. The molecule has 6 heteroatoms. The summed E-state index contributed by atoms with van der Waals surface area (Å²) in [5.41, 5.74) is 3.45. The number of carbonyl (C=O) groups excluding carboxylic acids is 2. The molecule has 4 rings (SSSR count). The van der Waals surface area contributed by atoms with Crippen molar-refractivity contribution in [3.05, 3.63) is 95.6 Å². The van der Waals surface area contributed by atoms with E-state index < -0.39 is 12.2 Å². The van der Waals surface area contributed by atoms with Crippen molar-refractivity contribution in [1.82, 2.24) is 4.90 Å². The van der Waals surface area contributed by atoms with Gasteiger partial charge in [0.2, 0.25) is 0 Å². The molecule has 1 heterocycles. The molecule has 1 aliphatic heterocycles. The van der Waals surface area contributed by atoms with Gasteiger partial charge in [0.05, 0.1) is 12.6 Å². The lowest BCUT2D eigenvalue weighted by Crippen LogP contribution is -2.41. The standard InChI is InChI=1S/C28H30N2O4/c1-3-24(21-13-9-6-10-14-21)30-18-22-17-23(15-16-26(22)34-25(4-2)27(30)31)29-28(32)33-19-20-11-7-5-8-12-20/h5-17,24-25H,3-4,18-19H2,1-2H3,(H,29,32)/t24-,25-/m1/s1. The summed E-state index contributed by atoms with van der Waals surface area (Å²) in [6, 6.07) is 25.0. The number of ether oxygens (including phenoxy) is 2. The number of hydrogen-bond donors (Lipinski definition) is 1. The predicted molar refractivity (Wildman–Crippen MR) is 131 cm³/mol. The van der Waals surface area contributed by atoms with Crippen LogP contribution in [-0.2, 0) is 22.7 Å². The van der Waals surface area contributed by atoms with Crippen LogP contribution in [0.5, 0.6) is 5.75 Å². The summed E-state index contributed by atoms with van der Waals surface area (Å²) in [6.07, 6.45) is 0.277. The molecule has 0 aromatic heterocycles. The highest BCUT2D eigenvalue weighted by Crippen LogP contribution is 2.34. The largest absolute Gasteiger partial charge is 0.480 e. The topological polar surface area (TPSA) is 67.9 Å². The van der Waals surface area contributed by atoms with Crippen molar-refractivity contribution in [3.63, 3.8) is 0 Å². The summed E-state index contributed by atoms with van der Waals surface area (Å²) < 4.78 is 11.5. The van der Waals surface area contributed by atoms with E-state index in [1.165, 1.54) is 0 Å². The highest BCUT2D eigenvalue weighted by Gasteiger charge is 2.34. The molecule has 0 spiro atoms. The van der Waals surface area contributed by atoms with E-state index >= 15 is 0 Å². The van der Waals surface area contributed by atoms with E-state index in [2.05, 4.69) is 24.4 Å². The number of amides is 2. The van der Waals surface area contributed by atoms with Gasteiger partial charge in [-0.25, -0.2) is 4.79 Å². The lowest BCUT2D eigenvalue weighted by Gasteiger charge is -2.32. The van der Waals surface area contributed by atoms with Crippen LogP contribution in [0, 0.1) is 0 Å². The Hall–Kier alpha value is -3.80. The van der Waals surface area contributed by atoms with Crippen molar-refractivity contribution >= 4 is 17.7 Å². The van der Waals surface area contributed by atoms with Gasteiger partial charge < -0.3 is 14.4 Å². The Labute approximate surface area is 200 Å². The lowest BCUT2D eigenvalue weighted by atomic mass is 10.0. The maximum atomic E-state index is 13.4. The summed E-state index contributed by atoms with van der Waals surface area (Å²) in [6.45, 7) is 4.62. The molecule has 0 fully saturated rings. The highest BCUT2D eigenvalue weighted by molar-refractivity contribution is 5.85. The minimum absolute atomic E-state index is 0.0221. The van der Waals surface area contributed by atoms with Crippen LogP contribution in [0.25, 0.3) is 0 Å². The molecule has 3 aromatic carbocycles. The zero-order valence-electron chi connectivity index (χ0n) is 19.6. The number of benzene rings is 3. The molecule has 0 saturated heterocycles. The monoisotopic (exact) mass is 458 g/mol. The first-order valence-electron chi connectivity index (χ1n) is 11.7. The van der Waals surface area contributed by atoms with E-state index in [1.54, 1.807) is 6.07 Å². The van der Waals surface area contributed by atoms with E-state index in [-0.39, 0.29) is 18.6 Å². The van der Waals surface area contributed by atoms with Crippen molar-refractivity contribution in [2.24, 2.45) is 0 Å². The predicted octanol–water partition coefficient (Wildman–Crippen LogP) is 6.09. The zero-order valence-corrected chi connectivity index (χ0v) is 19.6. The van der Waals surface area contributed by atoms with Gasteiger partial charge in [0.1, 0.15) is 12.4 Å². The minimum Gasteiger partial charge on any atom is -0.480 e. The SMILES string of the molecule is CC[C@H](c1ccccc1)N1Cc2cc(NC(=O)OCc3ccccc3)ccc2O[C@H](CC)C1=O. The normalized spacial score (nSPS) is 16.1. The van der Waals surface area contributed by atoms with Gasteiger partial charge in [-0.1, -0.05) is 74.5 Å². The van der Waals surface area contributed by atoms with Crippen LogP contribution in [0.3, 0.4) is 0 Å². The molecule has 1 aliphatic rings. The Morgan fingerprint density at radius 2 is 1.76 bits per heavy atom. The van der Waals surface area contributed by atoms with Gasteiger partial charge in [0.15, 0.2) is 6.10 Å². The number of hydrogen-bond acceptors (Lipinski definition) is 4. The van der Waals surface area contributed by atoms with Crippen LogP contribution < -0.4 is 10.1 Å². The molecule has 1 N–H and O–H groups in total. The van der Waals surface area contributed by atoms with E-state index in [1.807, 2.05) is 72.5 Å². The van der Waals surface area contributed by atoms with Gasteiger partial charge in [0, 0.05) is 11.3 Å². The molecule has 0 bridgehead atoms. The first kappa shape index (κ1) is 23.4. The molecular weight excluding hydrogens is 428 g/mol. The summed E-state index contributed by atoms with van der Waals surface area (Å²) in [5.74, 6) is 0.639. The molecule has 2 amide bonds. The fourth-order valence-electron chi connectivity index (χ4n) is 4.26. The first-order chi connectivity index (χ1) is 16.6. The van der Waals surface area contributed by atoms with Crippen LogP contribution in [0.2, 0.25) is 0 Å². The van der Waals surface area contributed by atoms with E-state index in [0.29, 0.717) is 24.4 Å². The quantitative estimate of drug-likeness (QED) is 0.465. The fourth-order valence-corrected chi connectivity index (χ4v) is 4.26. The summed E-state index contributed by atoms with van der Waals surface area (Å²) in [5, 5.41) is 2.79. The van der Waals surface area contributed by atoms with Gasteiger partial charge in [-0.05, 0) is 42.2 Å². The summed E-state index contributed by atoms with van der Waals surface area (Å²) >= 11 is 0. The maximum absolute atomic E-state index is 13.4. The lowest BCUT2D eigenvalue weighted by molar-refractivity contribution is -0.141. The van der Waals surface area contributed by atoms with E-state index in [9.17, 15) is 9.59 Å². The van der Waals surface area contributed by atoms with Crippen molar-refractivity contribution in [2.45, 2.75) is 52.0 Å². The third-order valence-corrected chi connectivity index (χ3v) is 6.01. The van der Waals surface area contributed by atoms with Crippen LogP contribution in [0.4, 0.5) is 10.5 Å². The van der Waals surface area contributed by atoms with Gasteiger partial charge in [0.25, 0.3) is 5.91 Å². The Balaban J connectivity index is 1.54. The van der Waals surface area contributed by atoms with Crippen LogP contribution >= 0.6 is 0 Å². The van der Waals surface area contributed by atoms with Crippen LogP contribution in [0.15, 0.2) is 78.9 Å². The smallest absolute Gasteiger partial charge is 0.411 e. The summed E-state index contributed by atoms with van der Waals surface area (Å²) in [7, 11) is 0. The molecular formula is C28H30N2O4. The first-order valence-corrected chi connectivity index (χ1v) is 11.7. The minimum atomic E-state index is -0.548. The van der Waals surface area contributed by atoms with Crippen molar-refractivity contribution in [3.8, 4) is 5.75 Å². The average molecular weight is 459 g/mol.